The van der Waals surface area contributed by atoms with Crippen LogP contribution < -0.4 is 31.9 Å². The van der Waals surface area contributed by atoms with E-state index in [9.17, 15) is 63.0 Å². The number of rotatable bonds is 24. The number of likely N-dealkylation sites (tertiary alicyclic amines) is 1. The van der Waals surface area contributed by atoms with Crippen LogP contribution in [0.3, 0.4) is 0 Å². The second kappa shape index (κ2) is 23.3. The largest absolute Gasteiger partial charge is 0.481 e. The first kappa shape index (κ1) is 48.3. The second-order valence-electron chi connectivity index (χ2n) is 13.6. The van der Waals surface area contributed by atoms with Gasteiger partial charge in [-0.25, -0.2) is 0 Å². The molecule has 56 heavy (non-hydrogen) atoms. The molecule has 314 valence electrons. The molecule has 0 aromatic heterocycles. The number of aliphatic carboxylic acids is 3. The number of nitrogens with one attached hydrogen (secondary N) is 6. The maximum absolute atomic E-state index is 13.9. The molecular formula is C34H53N7O15. The zero-order valence-electron chi connectivity index (χ0n) is 31.9. The quantitative estimate of drug-likeness (QED) is 0.0429. The van der Waals surface area contributed by atoms with Gasteiger partial charge in [-0.2, -0.15) is 0 Å². The molecule has 1 aliphatic heterocycles. The van der Waals surface area contributed by atoms with E-state index >= 15 is 0 Å². The number of nitrogens with zero attached hydrogens (tertiary/aromatic N) is 1. The van der Waals surface area contributed by atoms with Gasteiger partial charge in [0, 0.05) is 26.3 Å². The summed E-state index contributed by atoms with van der Waals surface area (Å²) in [6, 6.07) is -8.62. The van der Waals surface area contributed by atoms with Gasteiger partial charge < -0.3 is 57.2 Å². The van der Waals surface area contributed by atoms with Crippen molar-refractivity contribution in [2.24, 2.45) is 5.92 Å². The van der Waals surface area contributed by atoms with Gasteiger partial charge >= 0.3 is 17.9 Å². The topological polar surface area (TPSA) is 344 Å². The Labute approximate surface area is 322 Å². The van der Waals surface area contributed by atoms with Gasteiger partial charge in [-0.3, -0.25) is 52.7 Å². The highest BCUT2D eigenvalue weighted by Crippen LogP contribution is 2.21. The van der Waals surface area contributed by atoms with E-state index in [2.05, 4.69) is 26.6 Å². The fourth-order valence-electron chi connectivity index (χ4n) is 5.71. The number of Topliss-reactive ketones (excluding diaryl/α,β-unsaturated/α-hetero) is 1. The lowest BCUT2D eigenvalue weighted by Gasteiger charge is -2.32. The molecule has 0 aromatic rings. The number of carboxylic acids is 3. The smallest absolute Gasteiger partial charge is 0.322 e. The molecule has 22 heteroatoms. The Morgan fingerprint density at radius 2 is 1.21 bits per heavy atom. The number of hydrogen-bond acceptors (Lipinski definition) is 12. The van der Waals surface area contributed by atoms with Crippen LogP contribution in [-0.4, -0.2) is 146 Å². The number of carboxylic acid groups (broad SMARTS) is 3. The molecule has 0 bridgehead atoms. The Hall–Kier alpha value is -5.67. The van der Waals surface area contributed by atoms with Crippen molar-refractivity contribution in [1.82, 2.24) is 36.8 Å². The number of aliphatic hydroxyl groups excluding tert-OH is 1. The van der Waals surface area contributed by atoms with Gasteiger partial charge in [0.2, 0.25) is 41.2 Å². The molecule has 22 nitrogen and oxygen atoms in total. The standard InChI is InChI=1S/C34H53N7O15/c1-6-8-19(28(50)33(55)35-15-25(48)49)37-31(53)22-9-7-14-41(22)34(56)26(16(2)3)39-32(54)27(17(4)42)40-30(52)21(11-13-24(46)47)38-29(51)20(36-18(5)43)10-12-23(44)45/h16-17,19-22,26-27,42H,6-15H2,1-5H3,(H,35,55)(H,36,43)(H,37,53)(H,38,51)(H,39,54)(H,40,52)(H,44,45)(H,46,47)(H,48,49). The van der Waals surface area contributed by atoms with Crippen LogP contribution in [0.15, 0.2) is 0 Å². The molecule has 1 aliphatic rings. The van der Waals surface area contributed by atoms with Crippen molar-refractivity contribution in [3.05, 3.63) is 0 Å². The van der Waals surface area contributed by atoms with Gasteiger partial charge in [0.1, 0.15) is 36.8 Å². The van der Waals surface area contributed by atoms with E-state index in [1.165, 1.54) is 4.90 Å². The minimum atomic E-state index is -1.77. The summed E-state index contributed by atoms with van der Waals surface area (Å²) in [6.45, 7) is 6.28. The van der Waals surface area contributed by atoms with Gasteiger partial charge in [0.25, 0.3) is 5.91 Å². The minimum absolute atomic E-state index is 0.0321. The van der Waals surface area contributed by atoms with Crippen molar-refractivity contribution in [1.29, 1.82) is 0 Å². The van der Waals surface area contributed by atoms with E-state index in [0.29, 0.717) is 12.8 Å². The number of amides is 7. The lowest BCUT2D eigenvalue weighted by atomic mass is 10.0. The molecule has 10 N–H and O–H groups in total. The SMILES string of the molecule is CCCC(NC(=O)C1CCCN1C(=O)C(NC(=O)C(NC(=O)C(CCC(=O)O)NC(=O)C(CCC(=O)O)NC(C)=O)C(C)O)C(C)C)C(=O)C(=O)NCC(=O)O. The second-order valence-corrected chi connectivity index (χ2v) is 13.6. The summed E-state index contributed by atoms with van der Waals surface area (Å²) in [7, 11) is 0. The van der Waals surface area contributed by atoms with Crippen LogP contribution in [0.4, 0.5) is 0 Å². The maximum Gasteiger partial charge on any atom is 0.322 e. The van der Waals surface area contributed by atoms with Crippen LogP contribution in [0.5, 0.6) is 0 Å². The number of ketones is 1. The normalized spacial score (nSPS) is 16.8. The molecule has 0 saturated carbocycles. The van der Waals surface area contributed by atoms with Crippen molar-refractivity contribution in [2.75, 3.05) is 13.1 Å². The van der Waals surface area contributed by atoms with Crippen LogP contribution in [0.1, 0.15) is 86.0 Å². The molecule has 0 spiro atoms. The molecule has 1 rings (SSSR count). The molecule has 1 heterocycles. The minimum Gasteiger partial charge on any atom is -0.481 e. The monoisotopic (exact) mass is 799 g/mol. The third kappa shape index (κ3) is 16.0. The van der Waals surface area contributed by atoms with Crippen molar-refractivity contribution in [3.63, 3.8) is 0 Å². The summed E-state index contributed by atoms with van der Waals surface area (Å²) in [5.41, 5.74) is 0. The number of carbonyl (C=O) groups is 11. The van der Waals surface area contributed by atoms with Gasteiger partial charge in [0.05, 0.1) is 12.1 Å². The van der Waals surface area contributed by atoms with Gasteiger partial charge in [-0.15, -0.1) is 0 Å². The fourth-order valence-corrected chi connectivity index (χ4v) is 5.71. The van der Waals surface area contributed by atoms with Crippen LogP contribution in [0, 0.1) is 5.92 Å². The van der Waals surface area contributed by atoms with Crippen molar-refractivity contribution in [3.8, 4) is 0 Å². The van der Waals surface area contributed by atoms with Crippen molar-refractivity contribution < 1.29 is 73.2 Å². The van der Waals surface area contributed by atoms with Crippen LogP contribution in [0.25, 0.3) is 0 Å². The highest BCUT2D eigenvalue weighted by Gasteiger charge is 2.41. The van der Waals surface area contributed by atoms with E-state index in [-0.39, 0.29) is 25.8 Å². The Morgan fingerprint density at radius 3 is 1.70 bits per heavy atom. The molecule has 7 amide bonds. The van der Waals surface area contributed by atoms with E-state index in [4.69, 9.17) is 10.2 Å². The summed E-state index contributed by atoms with van der Waals surface area (Å²) < 4.78 is 0. The first-order valence-electron chi connectivity index (χ1n) is 18.1. The molecule has 1 saturated heterocycles. The molecular weight excluding hydrogens is 746 g/mol. The van der Waals surface area contributed by atoms with Crippen molar-refractivity contribution >= 4 is 65.0 Å². The Balaban J connectivity index is 3.22. The fraction of sp³-hybridized carbons (Fsp3) is 0.676. The van der Waals surface area contributed by atoms with Gasteiger partial charge in [-0.05, 0) is 44.9 Å². The van der Waals surface area contributed by atoms with Gasteiger partial charge in [0.15, 0.2) is 0 Å². The first-order chi connectivity index (χ1) is 26.1. The number of carbonyl (C=O) groups excluding carboxylic acids is 8. The number of aliphatic hydroxyl groups is 1. The summed E-state index contributed by atoms with van der Waals surface area (Å²) in [6.07, 6.45) is -2.81. The molecule has 1 fully saturated rings. The molecule has 0 aliphatic carbocycles. The van der Waals surface area contributed by atoms with E-state index in [1.54, 1.807) is 20.8 Å². The third-order valence-corrected chi connectivity index (χ3v) is 8.59. The average molecular weight is 800 g/mol. The van der Waals surface area contributed by atoms with E-state index < -0.39 is 139 Å². The highest BCUT2D eigenvalue weighted by molar-refractivity contribution is 6.38. The zero-order chi connectivity index (χ0) is 42.9. The van der Waals surface area contributed by atoms with E-state index in [0.717, 1.165) is 13.8 Å². The summed E-state index contributed by atoms with van der Waals surface area (Å²) in [5.74, 6) is -12.4. The third-order valence-electron chi connectivity index (χ3n) is 8.59. The Bertz CT molecular complexity index is 1500. The van der Waals surface area contributed by atoms with Gasteiger partial charge in [-0.1, -0.05) is 27.2 Å². The molecule has 7 atom stereocenters. The summed E-state index contributed by atoms with van der Waals surface area (Å²) in [4.78, 5) is 138. The predicted molar refractivity (Wildman–Crippen MR) is 191 cm³/mol. The Morgan fingerprint density at radius 1 is 0.679 bits per heavy atom. The molecule has 7 unspecified atom stereocenters. The van der Waals surface area contributed by atoms with Crippen LogP contribution in [0.2, 0.25) is 0 Å². The highest BCUT2D eigenvalue weighted by atomic mass is 16.4. The summed E-state index contributed by atoms with van der Waals surface area (Å²) in [5, 5.41) is 51.2. The first-order valence-corrected chi connectivity index (χ1v) is 18.1. The Kier molecular flexibility index (Phi) is 20.1. The lowest BCUT2D eigenvalue weighted by molar-refractivity contribution is -0.145. The summed E-state index contributed by atoms with van der Waals surface area (Å²) >= 11 is 0. The van der Waals surface area contributed by atoms with Crippen LogP contribution in [-0.2, 0) is 52.7 Å². The number of hydrogen-bond donors (Lipinski definition) is 10. The predicted octanol–water partition coefficient (Wildman–Crippen LogP) is -3.24. The molecule has 0 radical (unpaired) electrons. The lowest BCUT2D eigenvalue weighted by Crippen LogP contribution is -2.62. The zero-order valence-corrected chi connectivity index (χ0v) is 31.9. The average Bonchev–Trinajstić information content (AvgIpc) is 3.60. The molecule has 0 aromatic carbocycles. The van der Waals surface area contributed by atoms with Crippen LogP contribution >= 0.6 is 0 Å². The van der Waals surface area contributed by atoms with Crippen molar-refractivity contribution in [2.45, 2.75) is 128 Å². The van der Waals surface area contributed by atoms with E-state index in [1.807, 2.05) is 5.32 Å². The maximum atomic E-state index is 13.9.